The van der Waals surface area contributed by atoms with Crippen LogP contribution in [0.1, 0.15) is 30.7 Å². The summed E-state index contributed by atoms with van der Waals surface area (Å²) in [6.07, 6.45) is 1.78. The third kappa shape index (κ3) is 5.26. The fraction of sp³-hybridized carbons (Fsp3) is 0.435. The lowest BCUT2D eigenvalue weighted by molar-refractivity contribution is 0.0583. The molecule has 1 aliphatic rings. The Hall–Kier alpha value is -2.15. The summed E-state index contributed by atoms with van der Waals surface area (Å²) in [5, 5.41) is 11.7. The van der Waals surface area contributed by atoms with Crippen LogP contribution in [0.5, 0.6) is 11.5 Å². The Kier molecular flexibility index (Phi) is 6.64. The molecule has 0 amide bonds. The van der Waals surface area contributed by atoms with Crippen molar-refractivity contribution in [3.8, 4) is 11.5 Å². The quantitative estimate of drug-likeness (QED) is 0.597. The zero-order valence-corrected chi connectivity index (χ0v) is 17.6. The van der Waals surface area contributed by atoms with E-state index in [4.69, 9.17) is 14.5 Å². The van der Waals surface area contributed by atoms with Crippen LogP contribution in [0.2, 0.25) is 0 Å². The molecule has 0 aliphatic carbocycles. The second-order valence-corrected chi connectivity index (χ2v) is 8.55. The molecule has 0 bridgehead atoms. The molecule has 6 heteroatoms. The monoisotopic (exact) mass is 412 g/mol. The van der Waals surface area contributed by atoms with Crippen molar-refractivity contribution < 1.29 is 14.6 Å². The number of aliphatic hydroxyl groups excluding tert-OH is 1. The molecule has 1 saturated heterocycles. The molecular formula is C23H28N2O3S. The first-order valence-electron chi connectivity index (χ1n) is 10.3. The number of para-hydroxylation sites is 1. The van der Waals surface area contributed by atoms with E-state index in [-0.39, 0.29) is 6.61 Å². The predicted molar refractivity (Wildman–Crippen MR) is 117 cm³/mol. The maximum absolute atomic E-state index is 10.5. The average molecular weight is 413 g/mol. The minimum absolute atomic E-state index is 0.288. The fourth-order valence-corrected chi connectivity index (χ4v) is 4.92. The molecule has 1 N–H and O–H groups in total. The van der Waals surface area contributed by atoms with Gasteiger partial charge in [0.25, 0.3) is 0 Å². The summed E-state index contributed by atoms with van der Waals surface area (Å²) in [5.74, 6) is 2.02. The van der Waals surface area contributed by atoms with Gasteiger partial charge in [-0.1, -0.05) is 12.1 Å². The molecule has 2 atom stereocenters. The standard InChI is InChI=1S/C23H28N2O3S/c1-2-27-19-9-11-20(12-10-19)28-16-18(26)15-25-13-5-6-17(14-25)23-24-21-7-3-4-8-22(21)29-23/h3-4,7-12,17-18,26H,2,5-6,13-16H2,1H3/t17-,18+/m0/s1. The van der Waals surface area contributed by atoms with Crippen molar-refractivity contribution in [1.82, 2.24) is 9.88 Å². The molecule has 29 heavy (non-hydrogen) atoms. The van der Waals surface area contributed by atoms with Crippen LogP contribution in [0, 0.1) is 0 Å². The number of fused-ring (bicyclic) bond motifs is 1. The van der Waals surface area contributed by atoms with E-state index in [9.17, 15) is 5.11 Å². The normalized spacial score (nSPS) is 18.6. The van der Waals surface area contributed by atoms with E-state index in [1.54, 1.807) is 11.3 Å². The number of ether oxygens (including phenoxy) is 2. The van der Waals surface area contributed by atoms with Gasteiger partial charge in [-0.3, -0.25) is 4.90 Å². The smallest absolute Gasteiger partial charge is 0.119 e. The molecule has 4 rings (SSSR count). The van der Waals surface area contributed by atoms with Crippen molar-refractivity contribution in [3.63, 3.8) is 0 Å². The van der Waals surface area contributed by atoms with E-state index >= 15 is 0 Å². The van der Waals surface area contributed by atoms with Gasteiger partial charge in [0.05, 0.1) is 21.8 Å². The van der Waals surface area contributed by atoms with Crippen molar-refractivity contribution in [1.29, 1.82) is 0 Å². The van der Waals surface area contributed by atoms with Gasteiger partial charge in [0.2, 0.25) is 0 Å². The lowest BCUT2D eigenvalue weighted by Crippen LogP contribution is -2.41. The summed E-state index contributed by atoms with van der Waals surface area (Å²) in [6.45, 7) is 5.48. The van der Waals surface area contributed by atoms with Crippen LogP contribution in [0.4, 0.5) is 0 Å². The van der Waals surface area contributed by atoms with Crippen molar-refractivity contribution in [3.05, 3.63) is 53.5 Å². The summed E-state index contributed by atoms with van der Waals surface area (Å²) in [6, 6.07) is 15.9. The zero-order chi connectivity index (χ0) is 20.1. The Bertz CT molecular complexity index is 879. The topological polar surface area (TPSA) is 54.8 Å². The highest BCUT2D eigenvalue weighted by atomic mass is 32.1. The summed E-state index contributed by atoms with van der Waals surface area (Å²) in [4.78, 5) is 7.18. The van der Waals surface area contributed by atoms with Crippen LogP contribution in [0.25, 0.3) is 10.2 Å². The van der Waals surface area contributed by atoms with Crippen molar-refractivity contribution >= 4 is 21.6 Å². The highest BCUT2D eigenvalue weighted by molar-refractivity contribution is 7.18. The van der Waals surface area contributed by atoms with Crippen LogP contribution in [0.15, 0.2) is 48.5 Å². The largest absolute Gasteiger partial charge is 0.494 e. The summed E-state index contributed by atoms with van der Waals surface area (Å²) in [5.41, 5.74) is 1.09. The lowest BCUT2D eigenvalue weighted by Gasteiger charge is -2.33. The number of likely N-dealkylation sites (tertiary alicyclic amines) is 1. The van der Waals surface area contributed by atoms with Gasteiger partial charge in [-0.2, -0.15) is 0 Å². The molecule has 1 aromatic heterocycles. The number of piperidine rings is 1. The number of hydrogen-bond acceptors (Lipinski definition) is 6. The summed E-state index contributed by atoms with van der Waals surface area (Å²) < 4.78 is 12.4. The first-order chi connectivity index (χ1) is 14.2. The highest BCUT2D eigenvalue weighted by Gasteiger charge is 2.25. The zero-order valence-electron chi connectivity index (χ0n) is 16.8. The molecule has 0 saturated carbocycles. The van der Waals surface area contributed by atoms with Crippen LogP contribution in [0.3, 0.4) is 0 Å². The molecule has 154 valence electrons. The SMILES string of the molecule is CCOc1ccc(OC[C@H](O)CN2CCC[C@H](c3nc4ccccc4s3)C2)cc1. The van der Waals surface area contributed by atoms with Gasteiger partial charge in [-0.15, -0.1) is 11.3 Å². The molecule has 0 radical (unpaired) electrons. The van der Waals surface area contributed by atoms with Gasteiger partial charge in [0.15, 0.2) is 0 Å². The third-order valence-corrected chi connectivity index (χ3v) is 6.41. The molecule has 2 aromatic carbocycles. The molecule has 2 heterocycles. The van der Waals surface area contributed by atoms with E-state index in [1.165, 1.54) is 9.71 Å². The van der Waals surface area contributed by atoms with E-state index in [0.29, 0.717) is 19.1 Å². The Morgan fingerprint density at radius 2 is 1.90 bits per heavy atom. The lowest BCUT2D eigenvalue weighted by atomic mass is 9.98. The summed E-state index contributed by atoms with van der Waals surface area (Å²) in [7, 11) is 0. The predicted octanol–water partition coefficient (Wildman–Crippen LogP) is 4.31. The maximum atomic E-state index is 10.5. The second kappa shape index (κ2) is 9.57. The maximum Gasteiger partial charge on any atom is 0.119 e. The second-order valence-electron chi connectivity index (χ2n) is 7.49. The minimum atomic E-state index is -0.518. The van der Waals surface area contributed by atoms with E-state index in [2.05, 4.69) is 23.1 Å². The number of aromatic nitrogens is 1. The first-order valence-corrected chi connectivity index (χ1v) is 11.1. The number of aliphatic hydroxyl groups is 1. The van der Waals surface area contributed by atoms with Gasteiger partial charge in [-0.25, -0.2) is 4.98 Å². The van der Waals surface area contributed by atoms with Gasteiger partial charge >= 0.3 is 0 Å². The number of nitrogens with zero attached hydrogens (tertiary/aromatic N) is 2. The van der Waals surface area contributed by atoms with Crippen LogP contribution in [-0.4, -0.2) is 53.9 Å². The number of thiazole rings is 1. The minimum Gasteiger partial charge on any atom is -0.494 e. The average Bonchev–Trinajstić information content (AvgIpc) is 3.18. The molecule has 1 fully saturated rings. The molecule has 1 aliphatic heterocycles. The van der Waals surface area contributed by atoms with Gasteiger partial charge in [0, 0.05) is 19.0 Å². The highest BCUT2D eigenvalue weighted by Crippen LogP contribution is 2.33. The fourth-order valence-electron chi connectivity index (χ4n) is 3.83. The van der Waals surface area contributed by atoms with E-state index < -0.39 is 6.10 Å². The Balaban J connectivity index is 1.28. The third-order valence-electron chi connectivity index (χ3n) is 5.21. The van der Waals surface area contributed by atoms with Crippen molar-refractivity contribution in [2.45, 2.75) is 31.8 Å². The van der Waals surface area contributed by atoms with Crippen LogP contribution < -0.4 is 9.47 Å². The Morgan fingerprint density at radius 1 is 1.14 bits per heavy atom. The molecular weight excluding hydrogens is 384 g/mol. The van der Waals surface area contributed by atoms with Crippen LogP contribution in [-0.2, 0) is 0 Å². The van der Waals surface area contributed by atoms with Gasteiger partial charge < -0.3 is 14.6 Å². The van der Waals surface area contributed by atoms with Crippen molar-refractivity contribution in [2.75, 3.05) is 32.8 Å². The molecule has 0 unspecified atom stereocenters. The Labute approximate surface area is 175 Å². The van der Waals surface area contributed by atoms with E-state index in [1.807, 2.05) is 37.3 Å². The number of β-amino-alcohol motifs (C(OH)–C–C–N with tert-alkyl or cyclic N) is 1. The summed E-state index contributed by atoms with van der Waals surface area (Å²) >= 11 is 1.80. The van der Waals surface area contributed by atoms with Gasteiger partial charge in [0.1, 0.15) is 24.2 Å². The van der Waals surface area contributed by atoms with Gasteiger partial charge in [-0.05, 0) is 62.7 Å². The molecule has 0 spiro atoms. The first kappa shape index (κ1) is 20.1. The number of hydrogen-bond donors (Lipinski definition) is 1. The molecule has 5 nitrogen and oxygen atoms in total. The van der Waals surface area contributed by atoms with Crippen molar-refractivity contribution in [2.24, 2.45) is 0 Å². The number of benzene rings is 2. The Morgan fingerprint density at radius 3 is 2.66 bits per heavy atom. The molecule has 3 aromatic rings. The van der Waals surface area contributed by atoms with E-state index in [0.717, 1.165) is 42.9 Å². The van der Waals surface area contributed by atoms with Crippen LogP contribution >= 0.6 is 11.3 Å². The number of rotatable bonds is 8.